The molecule has 7 heteroatoms. The number of hydrogen-bond acceptors (Lipinski definition) is 2. The summed E-state index contributed by atoms with van der Waals surface area (Å²) in [6.45, 7) is 2.22. The molecule has 0 heterocycles. The van der Waals surface area contributed by atoms with Gasteiger partial charge in [0.2, 0.25) is 0 Å². The molecule has 0 radical (unpaired) electrons. The van der Waals surface area contributed by atoms with Gasteiger partial charge in [-0.15, -0.1) is 0 Å². The number of aliphatic carboxylic acids is 1. The Kier molecular flexibility index (Phi) is 7.32. The van der Waals surface area contributed by atoms with E-state index in [-0.39, 0.29) is 18.5 Å². The van der Waals surface area contributed by atoms with Crippen molar-refractivity contribution in [2.24, 2.45) is 0 Å². The lowest BCUT2D eigenvalue weighted by Crippen LogP contribution is -2.43. The fourth-order valence-corrected chi connectivity index (χ4v) is 2.28. The van der Waals surface area contributed by atoms with E-state index in [0.29, 0.717) is 29.4 Å². The van der Waals surface area contributed by atoms with Crippen LogP contribution < -0.4 is 10.6 Å². The molecule has 0 aliphatic heterocycles. The Balaban J connectivity index is 2.37. The Morgan fingerprint density at radius 2 is 2.05 bits per heavy atom. The molecule has 1 aromatic carbocycles. The standard InChI is InChI=1S/C14H18Cl2N2O3/c1-2-11(8-13(19)20)18-14(21)17-6-5-9-3-4-10(15)7-12(9)16/h3-4,7,11H,2,5-6,8H2,1H3,(H,19,20)(H2,17,18,21). The van der Waals surface area contributed by atoms with E-state index in [9.17, 15) is 9.59 Å². The van der Waals surface area contributed by atoms with Gasteiger partial charge >= 0.3 is 12.0 Å². The lowest BCUT2D eigenvalue weighted by Gasteiger charge is -2.15. The van der Waals surface area contributed by atoms with Gasteiger partial charge in [0, 0.05) is 22.6 Å². The molecule has 0 fully saturated rings. The average molecular weight is 333 g/mol. The molecule has 0 saturated heterocycles. The van der Waals surface area contributed by atoms with Crippen LogP contribution in [-0.4, -0.2) is 29.7 Å². The lowest BCUT2D eigenvalue weighted by molar-refractivity contribution is -0.137. The maximum absolute atomic E-state index is 11.7. The Bertz CT molecular complexity index is 509. The highest BCUT2D eigenvalue weighted by atomic mass is 35.5. The topological polar surface area (TPSA) is 78.4 Å². The SMILES string of the molecule is CCC(CC(=O)O)NC(=O)NCCc1ccc(Cl)cc1Cl. The predicted molar refractivity (Wildman–Crippen MR) is 83.0 cm³/mol. The van der Waals surface area contributed by atoms with E-state index in [4.69, 9.17) is 28.3 Å². The third-order valence-corrected chi connectivity index (χ3v) is 3.53. The van der Waals surface area contributed by atoms with Crippen LogP contribution in [0.3, 0.4) is 0 Å². The summed E-state index contributed by atoms with van der Waals surface area (Å²) in [4.78, 5) is 22.3. The number of amides is 2. The minimum Gasteiger partial charge on any atom is -0.481 e. The Labute approximate surface area is 133 Å². The summed E-state index contributed by atoms with van der Waals surface area (Å²) in [6.07, 6.45) is 1.04. The molecule has 1 atom stereocenters. The third-order valence-electron chi connectivity index (χ3n) is 2.94. The van der Waals surface area contributed by atoms with Gasteiger partial charge in [-0.3, -0.25) is 4.79 Å². The Morgan fingerprint density at radius 3 is 2.62 bits per heavy atom. The summed E-state index contributed by atoms with van der Waals surface area (Å²) in [7, 11) is 0. The summed E-state index contributed by atoms with van der Waals surface area (Å²) >= 11 is 11.8. The highest BCUT2D eigenvalue weighted by Crippen LogP contribution is 2.20. The molecule has 0 aliphatic rings. The summed E-state index contributed by atoms with van der Waals surface area (Å²) in [6, 6.07) is 4.44. The first-order valence-corrected chi connectivity index (χ1v) is 7.38. The van der Waals surface area contributed by atoms with Crippen molar-refractivity contribution in [3.63, 3.8) is 0 Å². The van der Waals surface area contributed by atoms with Crippen molar-refractivity contribution in [2.45, 2.75) is 32.2 Å². The Morgan fingerprint density at radius 1 is 1.33 bits per heavy atom. The van der Waals surface area contributed by atoms with Crippen LogP contribution in [0.4, 0.5) is 4.79 Å². The van der Waals surface area contributed by atoms with Crippen LogP contribution >= 0.6 is 23.2 Å². The Hall–Kier alpha value is -1.46. The van der Waals surface area contributed by atoms with Crippen LogP contribution in [0.25, 0.3) is 0 Å². The van der Waals surface area contributed by atoms with Gasteiger partial charge in [-0.2, -0.15) is 0 Å². The molecule has 0 aromatic heterocycles. The zero-order valence-electron chi connectivity index (χ0n) is 11.7. The van der Waals surface area contributed by atoms with Crippen LogP contribution in [-0.2, 0) is 11.2 Å². The number of halogens is 2. The zero-order valence-corrected chi connectivity index (χ0v) is 13.2. The number of rotatable bonds is 7. The monoisotopic (exact) mass is 332 g/mol. The number of carboxylic acid groups (broad SMARTS) is 1. The minimum absolute atomic E-state index is 0.0903. The summed E-state index contributed by atoms with van der Waals surface area (Å²) in [5.41, 5.74) is 0.888. The molecule has 1 aromatic rings. The normalized spacial score (nSPS) is 11.8. The first-order valence-electron chi connectivity index (χ1n) is 6.62. The second-order valence-corrected chi connectivity index (χ2v) is 5.43. The number of nitrogens with one attached hydrogen (secondary N) is 2. The van der Waals surface area contributed by atoms with Gasteiger partial charge in [0.05, 0.1) is 6.42 Å². The number of carbonyl (C=O) groups excluding carboxylic acids is 1. The molecule has 21 heavy (non-hydrogen) atoms. The fourth-order valence-electron chi connectivity index (χ4n) is 1.78. The van der Waals surface area contributed by atoms with E-state index in [1.165, 1.54) is 0 Å². The molecule has 0 aliphatic carbocycles. The smallest absolute Gasteiger partial charge is 0.315 e. The number of carbonyl (C=O) groups is 2. The molecule has 5 nitrogen and oxygen atoms in total. The van der Waals surface area contributed by atoms with Crippen molar-refractivity contribution < 1.29 is 14.7 Å². The van der Waals surface area contributed by atoms with E-state index < -0.39 is 5.97 Å². The van der Waals surface area contributed by atoms with Gasteiger partial charge in [-0.25, -0.2) is 4.79 Å². The lowest BCUT2D eigenvalue weighted by atomic mass is 10.1. The predicted octanol–water partition coefficient (Wildman–Crippen LogP) is 3.09. The van der Waals surface area contributed by atoms with Crippen LogP contribution in [0, 0.1) is 0 Å². The molecule has 1 unspecified atom stereocenters. The average Bonchev–Trinajstić information content (AvgIpc) is 2.40. The van der Waals surface area contributed by atoms with Crippen LogP contribution in [0.5, 0.6) is 0 Å². The quantitative estimate of drug-likeness (QED) is 0.717. The van der Waals surface area contributed by atoms with Crippen molar-refractivity contribution in [3.05, 3.63) is 33.8 Å². The van der Waals surface area contributed by atoms with E-state index in [1.54, 1.807) is 12.1 Å². The minimum atomic E-state index is -0.935. The molecule has 0 saturated carbocycles. The van der Waals surface area contributed by atoms with Crippen molar-refractivity contribution in [1.29, 1.82) is 0 Å². The van der Waals surface area contributed by atoms with Crippen LogP contribution in [0.2, 0.25) is 10.0 Å². The fraction of sp³-hybridized carbons (Fsp3) is 0.429. The molecule has 116 valence electrons. The maximum Gasteiger partial charge on any atom is 0.315 e. The van der Waals surface area contributed by atoms with Crippen molar-refractivity contribution in [1.82, 2.24) is 10.6 Å². The van der Waals surface area contributed by atoms with Crippen LogP contribution in [0.15, 0.2) is 18.2 Å². The van der Waals surface area contributed by atoms with Crippen molar-refractivity contribution in [3.8, 4) is 0 Å². The molecular formula is C14H18Cl2N2O3. The number of hydrogen-bond donors (Lipinski definition) is 3. The first-order chi connectivity index (χ1) is 9.92. The number of benzene rings is 1. The summed E-state index contributed by atoms with van der Waals surface area (Å²) in [5.74, 6) is -0.935. The van der Waals surface area contributed by atoms with E-state index in [0.717, 1.165) is 5.56 Å². The van der Waals surface area contributed by atoms with E-state index in [2.05, 4.69) is 10.6 Å². The van der Waals surface area contributed by atoms with Gasteiger partial charge in [0.1, 0.15) is 0 Å². The first kappa shape index (κ1) is 17.6. The second-order valence-electron chi connectivity index (χ2n) is 4.59. The number of urea groups is 1. The van der Waals surface area contributed by atoms with Gasteiger partial charge in [0.15, 0.2) is 0 Å². The van der Waals surface area contributed by atoms with Crippen molar-refractivity contribution >= 4 is 35.2 Å². The maximum atomic E-state index is 11.7. The zero-order chi connectivity index (χ0) is 15.8. The van der Waals surface area contributed by atoms with Gasteiger partial charge in [-0.05, 0) is 30.5 Å². The van der Waals surface area contributed by atoms with Gasteiger partial charge in [0.25, 0.3) is 0 Å². The molecule has 3 N–H and O–H groups in total. The third kappa shape index (κ3) is 6.69. The van der Waals surface area contributed by atoms with Gasteiger partial charge in [-0.1, -0.05) is 36.2 Å². The highest BCUT2D eigenvalue weighted by Gasteiger charge is 2.13. The molecule has 0 bridgehead atoms. The van der Waals surface area contributed by atoms with E-state index >= 15 is 0 Å². The van der Waals surface area contributed by atoms with Crippen LogP contribution in [0.1, 0.15) is 25.3 Å². The largest absolute Gasteiger partial charge is 0.481 e. The molecule has 2 amide bonds. The summed E-state index contributed by atoms with van der Waals surface area (Å²) in [5, 5.41) is 15.1. The van der Waals surface area contributed by atoms with Crippen molar-refractivity contribution in [2.75, 3.05) is 6.54 Å². The summed E-state index contributed by atoms with van der Waals surface area (Å²) < 4.78 is 0. The molecular weight excluding hydrogens is 315 g/mol. The highest BCUT2D eigenvalue weighted by molar-refractivity contribution is 6.35. The molecule has 0 spiro atoms. The second kappa shape index (κ2) is 8.74. The number of carboxylic acids is 1. The van der Waals surface area contributed by atoms with Gasteiger partial charge < -0.3 is 15.7 Å². The molecule has 1 rings (SSSR count). The van der Waals surface area contributed by atoms with E-state index in [1.807, 2.05) is 13.0 Å².